The number of rotatable bonds is 6. The van der Waals surface area contributed by atoms with Crippen LogP contribution in [0.4, 0.5) is 11.4 Å². The molecule has 1 heterocycles. The van der Waals surface area contributed by atoms with E-state index in [1.165, 1.54) is 19.4 Å². The predicted octanol–water partition coefficient (Wildman–Crippen LogP) is 3.76. The van der Waals surface area contributed by atoms with Gasteiger partial charge in [0, 0.05) is 18.5 Å². The van der Waals surface area contributed by atoms with Crippen molar-refractivity contribution in [3.63, 3.8) is 0 Å². The first kappa shape index (κ1) is 20.3. The molecule has 1 amide bonds. The van der Waals surface area contributed by atoms with Crippen molar-refractivity contribution in [1.29, 1.82) is 0 Å². The second kappa shape index (κ2) is 8.32. The minimum absolute atomic E-state index is 0.213. The molecule has 0 atom stereocenters. The lowest BCUT2D eigenvalue weighted by molar-refractivity contribution is 0.102. The second-order valence-corrected chi connectivity index (χ2v) is 8.14. The molecule has 0 aliphatic rings. The molecule has 0 bridgehead atoms. The maximum atomic E-state index is 12.8. The Balaban J connectivity index is 1.85. The van der Waals surface area contributed by atoms with E-state index in [0.29, 0.717) is 28.3 Å². The van der Waals surface area contributed by atoms with Gasteiger partial charge in [0.1, 0.15) is 5.75 Å². The zero-order valence-corrected chi connectivity index (χ0v) is 17.1. The fraction of sp³-hybridized carbons (Fsp3) is 0.143. The first-order valence-electron chi connectivity index (χ1n) is 8.79. The zero-order valence-electron chi connectivity index (χ0n) is 16.3. The zero-order chi connectivity index (χ0) is 21.0. The molecule has 2 aromatic carbocycles. The number of anilines is 2. The van der Waals surface area contributed by atoms with Crippen molar-refractivity contribution in [3.05, 3.63) is 77.6 Å². The molecule has 29 heavy (non-hydrogen) atoms. The monoisotopic (exact) mass is 411 g/mol. The normalized spacial score (nSPS) is 11.0. The van der Waals surface area contributed by atoms with E-state index in [1.54, 1.807) is 49.5 Å². The molecule has 2 N–H and O–H groups in total. The van der Waals surface area contributed by atoms with Crippen LogP contribution in [0.2, 0.25) is 0 Å². The Hall–Kier alpha value is -3.39. The highest BCUT2D eigenvalue weighted by atomic mass is 32.2. The van der Waals surface area contributed by atoms with Gasteiger partial charge in [0.2, 0.25) is 0 Å². The minimum Gasteiger partial charge on any atom is -0.494 e. The molecular formula is C21H21N3O4S. The van der Waals surface area contributed by atoms with E-state index < -0.39 is 10.0 Å². The fourth-order valence-electron chi connectivity index (χ4n) is 2.76. The number of amides is 1. The lowest BCUT2D eigenvalue weighted by Gasteiger charge is -2.14. The van der Waals surface area contributed by atoms with Crippen LogP contribution in [0.3, 0.4) is 0 Å². The van der Waals surface area contributed by atoms with Gasteiger partial charge in [-0.2, -0.15) is 0 Å². The van der Waals surface area contributed by atoms with E-state index >= 15 is 0 Å². The Kier molecular flexibility index (Phi) is 5.84. The molecule has 0 spiro atoms. The Bertz CT molecular complexity index is 1150. The van der Waals surface area contributed by atoms with E-state index in [4.69, 9.17) is 4.74 Å². The lowest BCUT2D eigenvalue weighted by atomic mass is 10.2. The molecule has 3 aromatic rings. The Morgan fingerprint density at radius 2 is 1.86 bits per heavy atom. The summed E-state index contributed by atoms with van der Waals surface area (Å²) in [5.41, 5.74) is 2.63. The van der Waals surface area contributed by atoms with Gasteiger partial charge in [-0.05, 0) is 55.3 Å². The van der Waals surface area contributed by atoms with Crippen molar-refractivity contribution in [2.24, 2.45) is 0 Å². The number of carbonyl (C=O) groups is 1. The number of hydrogen-bond donors (Lipinski definition) is 2. The van der Waals surface area contributed by atoms with Crippen LogP contribution in [0.5, 0.6) is 5.75 Å². The van der Waals surface area contributed by atoms with Crippen LogP contribution in [0.15, 0.2) is 65.8 Å². The van der Waals surface area contributed by atoms with E-state index in [0.717, 1.165) is 5.56 Å². The molecule has 1 aromatic heterocycles. The highest BCUT2D eigenvalue weighted by Crippen LogP contribution is 2.30. The van der Waals surface area contributed by atoms with E-state index in [1.807, 2.05) is 13.0 Å². The molecule has 150 valence electrons. The molecule has 0 saturated heterocycles. The molecule has 0 aliphatic heterocycles. The number of aryl methyl sites for hydroxylation is 2. The summed E-state index contributed by atoms with van der Waals surface area (Å²) in [5.74, 6) is -0.0245. The Morgan fingerprint density at radius 3 is 2.55 bits per heavy atom. The number of sulfonamides is 1. The summed E-state index contributed by atoms with van der Waals surface area (Å²) in [6, 6.07) is 13.2. The van der Waals surface area contributed by atoms with Crippen LogP contribution in [0.25, 0.3) is 0 Å². The third kappa shape index (κ3) is 4.72. The average Bonchev–Trinajstić information content (AvgIpc) is 2.71. The highest BCUT2D eigenvalue weighted by molar-refractivity contribution is 7.92. The van der Waals surface area contributed by atoms with Crippen molar-refractivity contribution < 1.29 is 17.9 Å². The molecule has 0 fully saturated rings. The molecule has 0 radical (unpaired) electrons. The van der Waals surface area contributed by atoms with Crippen molar-refractivity contribution >= 4 is 27.3 Å². The number of methoxy groups -OCH3 is 1. The van der Waals surface area contributed by atoms with E-state index in [-0.39, 0.29) is 10.8 Å². The Labute approximate surface area is 169 Å². The SMILES string of the molecule is COc1cc(NS(=O)(=O)c2cc(C)ccc2C)ccc1NC(=O)c1cccnc1. The Morgan fingerprint density at radius 1 is 1.07 bits per heavy atom. The third-order valence-electron chi connectivity index (χ3n) is 4.26. The van der Waals surface area contributed by atoms with Gasteiger partial charge in [-0.15, -0.1) is 0 Å². The van der Waals surface area contributed by atoms with Crippen molar-refractivity contribution in [2.45, 2.75) is 18.7 Å². The topological polar surface area (TPSA) is 97.4 Å². The maximum absolute atomic E-state index is 12.8. The summed E-state index contributed by atoms with van der Waals surface area (Å²) in [6.45, 7) is 3.58. The quantitative estimate of drug-likeness (QED) is 0.644. The summed E-state index contributed by atoms with van der Waals surface area (Å²) in [6.07, 6.45) is 3.03. The number of carbonyl (C=O) groups excluding carboxylic acids is 1. The molecular weight excluding hydrogens is 390 g/mol. The smallest absolute Gasteiger partial charge is 0.262 e. The van der Waals surface area contributed by atoms with Gasteiger partial charge in [0.25, 0.3) is 15.9 Å². The first-order valence-corrected chi connectivity index (χ1v) is 10.3. The average molecular weight is 411 g/mol. The number of pyridine rings is 1. The number of ether oxygens (including phenoxy) is 1. The highest BCUT2D eigenvalue weighted by Gasteiger charge is 2.18. The van der Waals surface area contributed by atoms with Gasteiger partial charge in [0.05, 0.1) is 28.9 Å². The maximum Gasteiger partial charge on any atom is 0.262 e. The number of benzene rings is 2. The molecule has 0 saturated carbocycles. The molecule has 8 heteroatoms. The summed E-state index contributed by atoms with van der Waals surface area (Å²) in [5, 5.41) is 2.73. The van der Waals surface area contributed by atoms with Crippen LogP contribution in [0.1, 0.15) is 21.5 Å². The summed E-state index contributed by atoms with van der Waals surface area (Å²) in [4.78, 5) is 16.5. The largest absolute Gasteiger partial charge is 0.494 e. The van der Waals surface area contributed by atoms with Gasteiger partial charge in [-0.1, -0.05) is 12.1 Å². The van der Waals surface area contributed by atoms with Gasteiger partial charge in [0.15, 0.2) is 0 Å². The van der Waals surface area contributed by atoms with Crippen LogP contribution in [-0.4, -0.2) is 26.4 Å². The number of aromatic nitrogens is 1. The predicted molar refractivity (Wildman–Crippen MR) is 112 cm³/mol. The molecule has 0 aliphatic carbocycles. The van der Waals surface area contributed by atoms with Gasteiger partial charge >= 0.3 is 0 Å². The third-order valence-corrected chi connectivity index (χ3v) is 5.78. The summed E-state index contributed by atoms with van der Waals surface area (Å²) in [7, 11) is -2.33. The molecule has 0 unspecified atom stereocenters. The summed E-state index contributed by atoms with van der Waals surface area (Å²) < 4.78 is 33.5. The second-order valence-electron chi connectivity index (χ2n) is 6.49. The van der Waals surface area contributed by atoms with E-state index in [9.17, 15) is 13.2 Å². The fourth-order valence-corrected chi connectivity index (χ4v) is 4.14. The summed E-state index contributed by atoms with van der Waals surface area (Å²) >= 11 is 0. The van der Waals surface area contributed by atoms with Gasteiger partial charge in [-0.25, -0.2) is 8.42 Å². The lowest BCUT2D eigenvalue weighted by Crippen LogP contribution is -2.15. The molecule has 3 rings (SSSR count). The van der Waals surface area contributed by atoms with Gasteiger partial charge < -0.3 is 10.1 Å². The molecule has 7 nitrogen and oxygen atoms in total. The van der Waals surface area contributed by atoms with Crippen LogP contribution in [-0.2, 0) is 10.0 Å². The van der Waals surface area contributed by atoms with Crippen LogP contribution >= 0.6 is 0 Å². The standard InChI is InChI=1S/C21H21N3O4S/c1-14-6-7-15(2)20(11-14)29(26,27)24-17-8-9-18(19(12-17)28-3)23-21(25)16-5-4-10-22-13-16/h4-13,24H,1-3H3,(H,23,25). The van der Waals surface area contributed by atoms with Crippen molar-refractivity contribution in [1.82, 2.24) is 4.98 Å². The van der Waals surface area contributed by atoms with E-state index in [2.05, 4.69) is 15.0 Å². The number of hydrogen-bond acceptors (Lipinski definition) is 5. The van der Waals surface area contributed by atoms with Crippen molar-refractivity contribution in [3.8, 4) is 5.75 Å². The first-order chi connectivity index (χ1) is 13.8. The number of nitrogens with zero attached hydrogens (tertiary/aromatic N) is 1. The van der Waals surface area contributed by atoms with Crippen LogP contribution < -0.4 is 14.8 Å². The minimum atomic E-state index is -3.77. The van der Waals surface area contributed by atoms with Gasteiger partial charge in [-0.3, -0.25) is 14.5 Å². The van der Waals surface area contributed by atoms with Crippen LogP contribution in [0, 0.1) is 13.8 Å². The number of nitrogens with one attached hydrogen (secondary N) is 2. The van der Waals surface area contributed by atoms with Crippen molar-refractivity contribution in [2.75, 3.05) is 17.1 Å².